The third kappa shape index (κ3) is 3.76. The Labute approximate surface area is 101 Å². The molecule has 4 nitrogen and oxygen atoms in total. The molecule has 0 fully saturated rings. The summed E-state index contributed by atoms with van der Waals surface area (Å²) in [5, 5.41) is 0. The maximum absolute atomic E-state index is 13.2. The molecule has 0 heterocycles. The lowest BCUT2D eigenvalue weighted by Crippen LogP contribution is -2.29. The predicted octanol–water partition coefficient (Wildman–Crippen LogP) is 1.15. The first kappa shape index (κ1) is 14.1. The molecular formula is C11H17FN2O2S. The summed E-state index contributed by atoms with van der Waals surface area (Å²) in [5.41, 5.74) is 5.65. The van der Waals surface area contributed by atoms with Gasteiger partial charge >= 0.3 is 0 Å². The highest BCUT2D eigenvalue weighted by Gasteiger charge is 2.17. The van der Waals surface area contributed by atoms with E-state index < -0.39 is 15.8 Å². The van der Waals surface area contributed by atoms with Crippen LogP contribution in [-0.4, -0.2) is 21.0 Å². The topological polar surface area (TPSA) is 72.2 Å². The number of nitrogens with one attached hydrogen (secondary N) is 1. The van der Waals surface area contributed by atoms with Gasteiger partial charge in [0.05, 0.1) is 4.90 Å². The molecule has 1 atom stereocenters. The fraction of sp³-hybridized carbons (Fsp3) is 0.455. The minimum absolute atomic E-state index is 0.0258. The number of rotatable bonds is 5. The first-order chi connectivity index (χ1) is 7.84. The number of hydrogen-bond acceptors (Lipinski definition) is 3. The zero-order valence-electron chi connectivity index (χ0n) is 9.90. The molecular weight excluding hydrogens is 243 g/mol. The molecule has 0 saturated heterocycles. The molecule has 0 saturated carbocycles. The molecule has 3 N–H and O–H groups in total. The second kappa shape index (κ2) is 5.57. The Morgan fingerprint density at radius 3 is 2.71 bits per heavy atom. The highest BCUT2D eigenvalue weighted by Crippen LogP contribution is 2.17. The van der Waals surface area contributed by atoms with Crippen LogP contribution < -0.4 is 10.5 Å². The van der Waals surface area contributed by atoms with Crippen molar-refractivity contribution in [3.05, 3.63) is 29.6 Å². The summed E-state index contributed by atoms with van der Waals surface area (Å²) in [7, 11) is -3.65. The summed E-state index contributed by atoms with van der Waals surface area (Å²) >= 11 is 0. The van der Waals surface area contributed by atoms with Crippen molar-refractivity contribution in [3.8, 4) is 0 Å². The Bertz CT molecular complexity index is 486. The maximum atomic E-state index is 13.2. The van der Waals surface area contributed by atoms with Crippen LogP contribution in [0.5, 0.6) is 0 Å². The van der Waals surface area contributed by atoms with E-state index in [1.807, 2.05) is 0 Å². The van der Waals surface area contributed by atoms with Crippen molar-refractivity contribution < 1.29 is 12.8 Å². The Kier molecular flexibility index (Phi) is 4.62. The molecule has 6 heteroatoms. The molecule has 0 radical (unpaired) electrons. The standard InChI is InChI=1S/C11H17FN2O2S/c1-8(13)6-7-14-17(15,16)11-5-3-4-10(12)9(11)2/h3-5,8,14H,6-7,13H2,1-2H3. The third-order valence-corrected chi connectivity index (χ3v) is 4.00. The lowest BCUT2D eigenvalue weighted by molar-refractivity contribution is 0.566. The van der Waals surface area contributed by atoms with Crippen LogP contribution in [0.3, 0.4) is 0 Å². The van der Waals surface area contributed by atoms with Gasteiger partial charge < -0.3 is 5.73 Å². The van der Waals surface area contributed by atoms with E-state index in [2.05, 4.69) is 4.72 Å². The highest BCUT2D eigenvalue weighted by molar-refractivity contribution is 7.89. The molecule has 0 aliphatic rings. The Hall–Kier alpha value is -0.980. The van der Waals surface area contributed by atoms with Gasteiger partial charge in [0, 0.05) is 18.2 Å². The van der Waals surface area contributed by atoms with Gasteiger partial charge in [0.2, 0.25) is 10.0 Å². The average Bonchev–Trinajstić information content (AvgIpc) is 2.21. The minimum Gasteiger partial charge on any atom is -0.328 e. The molecule has 1 rings (SSSR count). The molecule has 1 aromatic rings. The van der Waals surface area contributed by atoms with Crippen LogP contribution in [0.15, 0.2) is 23.1 Å². The molecule has 0 aromatic heterocycles. The van der Waals surface area contributed by atoms with E-state index in [0.717, 1.165) is 0 Å². The first-order valence-electron chi connectivity index (χ1n) is 5.35. The largest absolute Gasteiger partial charge is 0.328 e. The van der Waals surface area contributed by atoms with Crippen LogP contribution in [-0.2, 0) is 10.0 Å². The van der Waals surface area contributed by atoms with Crippen molar-refractivity contribution in [1.82, 2.24) is 4.72 Å². The van der Waals surface area contributed by atoms with E-state index >= 15 is 0 Å². The van der Waals surface area contributed by atoms with Gasteiger partial charge in [-0.25, -0.2) is 17.5 Å². The molecule has 0 aliphatic heterocycles. The number of nitrogens with two attached hydrogens (primary N) is 1. The van der Waals surface area contributed by atoms with Crippen molar-refractivity contribution in [2.24, 2.45) is 5.73 Å². The van der Waals surface area contributed by atoms with Gasteiger partial charge in [-0.05, 0) is 32.4 Å². The van der Waals surface area contributed by atoms with Crippen LogP contribution in [0.4, 0.5) is 4.39 Å². The van der Waals surface area contributed by atoms with Crippen LogP contribution in [0.2, 0.25) is 0 Å². The summed E-state index contributed by atoms with van der Waals surface area (Å²) in [6, 6.07) is 3.91. The van der Waals surface area contributed by atoms with Crippen molar-refractivity contribution in [2.75, 3.05) is 6.54 Å². The second-order valence-electron chi connectivity index (χ2n) is 4.03. The van der Waals surface area contributed by atoms with Crippen molar-refractivity contribution in [2.45, 2.75) is 31.2 Å². The van der Waals surface area contributed by atoms with Gasteiger partial charge in [-0.15, -0.1) is 0 Å². The van der Waals surface area contributed by atoms with Crippen molar-refractivity contribution in [3.63, 3.8) is 0 Å². The van der Waals surface area contributed by atoms with Crippen LogP contribution in [0.1, 0.15) is 18.9 Å². The van der Waals surface area contributed by atoms with Crippen LogP contribution >= 0.6 is 0 Å². The highest BCUT2D eigenvalue weighted by atomic mass is 32.2. The monoisotopic (exact) mass is 260 g/mol. The quantitative estimate of drug-likeness (QED) is 0.834. The van der Waals surface area contributed by atoms with Gasteiger partial charge in [0.15, 0.2) is 0 Å². The Morgan fingerprint density at radius 2 is 2.12 bits per heavy atom. The van der Waals surface area contributed by atoms with Crippen LogP contribution in [0, 0.1) is 12.7 Å². The number of halogens is 1. The minimum atomic E-state index is -3.65. The fourth-order valence-corrected chi connectivity index (χ4v) is 2.68. The zero-order chi connectivity index (χ0) is 13.1. The maximum Gasteiger partial charge on any atom is 0.240 e. The first-order valence-corrected chi connectivity index (χ1v) is 6.83. The Balaban J connectivity index is 2.87. The summed E-state index contributed by atoms with van der Waals surface area (Å²) < 4.78 is 39.4. The summed E-state index contributed by atoms with van der Waals surface area (Å²) in [6.07, 6.45) is 0.535. The van der Waals surface area contributed by atoms with Gasteiger partial charge in [-0.3, -0.25) is 0 Å². The normalized spacial score (nSPS) is 13.6. The van der Waals surface area contributed by atoms with E-state index in [1.165, 1.54) is 25.1 Å². The summed E-state index contributed by atoms with van der Waals surface area (Å²) in [5.74, 6) is -0.528. The summed E-state index contributed by atoms with van der Waals surface area (Å²) in [4.78, 5) is -0.0258. The SMILES string of the molecule is Cc1c(F)cccc1S(=O)(=O)NCCC(C)N. The molecule has 17 heavy (non-hydrogen) atoms. The molecule has 0 aliphatic carbocycles. The molecule has 0 spiro atoms. The van der Waals surface area contributed by atoms with Crippen LogP contribution in [0.25, 0.3) is 0 Å². The zero-order valence-corrected chi connectivity index (χ0v) is 10.7. The number of hydrogen-bond donors (Lipinski definition) is 2. The van der Waals surface area contributed by atoms with Gasteiger partial charge in [0.25, 0.3) is 0 Å². The van der Waals surface area contributed by atoms with Crippen molar-refractivity contribution >= 4 is 10.0 Å². The molecule has 96 valence electrons. The van der Waals surface area contributed by atoms with Gasteiger partial charge in [-0.2, -0.15) is 0 Å². The van der Waals surface area contributed by atoms with E-state index in [1.54, 1.807) is 6.92 Å². The third-order valence-electron chi connectivity index (χ3n) is 2.40. The molecule has 0 bridgehead atoms. The smallest absolute Gasteiger partial charge is 0.240 e. The van der Waals surface area contributed by atoms with E-state index in [-0.39, 0.29) is 23.0 Å². The van der Waals surface area contributed by atoms with Crippen molar-refractivity contribution in [1.29, 1.82) is 0 Å². The van der Waals surface area contributed by atoms with Gasteiger partial charge in [-0.1, -0.05) is 6.07 Å². The Morgan fingerprint density at radius 1 is 1.47 bits per heavy atom. The lowest BCUT2D eigenvalue weighted by atomic mass is 10.2. The molecule has 1 aromatic carbocycles. The van der Waals surface area contributed by atoms with E-state index in [0.29, 0.717) is 6.42 Å². The lowest BCUT2D eigenvalue weighted by Gasteiger charge is -2.10. The predicted molar refractivity (Wildman–Crippen MR) is 64.6 cm³/mol. The average molecular weight is 260 g/mol. The fourth-order valence-electron chi connectivity index (χ4n) is 1.38. The number of sulfonamides is 1. The van der Waals surface area contributed by atoms with E-state index in [9.17, 15) is 12.8 Å². The molecule has 1 unspecified atom stereocenters. The second-order valence-corrected chi connectivity index (χ2v) is 5.76. The molecule has 0 amide bonds. The van der Waals surface area contributed by atoms with Gasteiger partial charge in [0.1, 0.15) is 5.82 Å². The summed E-state index contributed by atoms with van der Waals surface area (Å²) in [6.45, 7) is 3.48. The van der Waals surface area contributed by atoms with E-state index in [4.69, 9.17) is 5.73 Å². The number of benzene rings is 1.